The molecule has 9 nitrogen and oxygen atoms in total. The van der Waals surface area contributed by atoms with Crippen LogP contribution in [0.4, 0.5) is 5.69 Å². The van der Waals surface area contributed by atoms with E-state index in [1.165, 1.54) is 18.3 Å². The molecule has 2 aromatic heterocycles. The fourth-order valence-electron chi connectivity index (χ4n) is 1.37. The van der Waals surface area contributed by atoms with Crippen LogP contribution in [0.2, 0.25) is 0 Å². The van der Waals surface area contributed by atoms with E-state index < -0.39 is 22.3 Å². The van der Waals surface area contributed by atoms with E-state index in [4.69, 9.17) is 10.4 Å². The molecule has 94 valence electrons. The summed E-state index contributed by atoms with van der Waals surface area (Å²) < 4.78 is 1.02. The summed E-state index contributed by atoms with van der Waals surface area (Å²) in [6.45, 7) is 0. The SMILES string of the molecule is N#Cc1ccc(-n2cc([N+](=O)[O-])c(C(=O)O)n2)cn1. The number of aromatic nitrogens is 3. The van der Waals surface area contributed by atoms with Crippen molar-refractivity contribution in [2.24, 2.45) is 0 Å². The van der Waals surface area contributed by atoms with Crippen LogP contribution in [0.5, 0.6) is 0 Å². The van der Waals surface area contributed by atoms with E-state index in [-0.39, 0.29) is 5.69 Å². The molecule has 2 heterocycles. The van der Waals surface area contributed by atoms with Crippen molar-refractivity contribution in [1.82, 2.24) is 14.8 Å². The molecule has 0 radical (unpaired) electrons. The average molecular weight is 259 g/mol. The Morgan fingerprint density at radius 3 is 2.68 bits per heavy atom. The number of carbonyl (C=O) groups is 1. The molecule has 0 atom stereocenters. The minimum atomic E-state index is -1.49. The molecular weight excluding hydrogens is 254 g/mol. The Kier molecular flexibility index (Phi) is 2.91. The topological polar surface area (TPSA) is 135 Å². The molecule has 2 rings (SSSR count). The van der Waals surface area contributed by atoms with Gasteiger partial charge in [-0.1, -0.05) is 0 Å². The van der Waals surface area contributed by atoms with Gasteiger partial charge in [-0.3, -0.25) is 10.1 Å². The average Bonchev–Trinajstić information content (AvgIpc) is 2.84. The molecule has 1 N–H and O–H groups in total. The first-order valence-corrected chi connectivity index (χ1v) is 4.87. The largest absolute Gasteiger partial charge is 0.476 e. The maximum atomic E-state index is 10.8. The fraction of sp³-hybridized carbons (Fsp3) is 0. The highest BCUT2D eigenvalue weighted by molar-refractivity contribution is 5.89. The van der Waals surface area contributed by atoms with E-state index >= 15 is 0 Å². The van der Waals surface area contributed by atoms with E-state index in [1.807, 2.05) is 6.07 Å². The highest BCUT2D eigenvalue weighted by Gasteiger charge is 2.25. The molecule has 2 aromatic rings. The van der Waals surface area contributed by atoms with Crippen molar-refractivity contribution in [3.63, 3.8) is 0 Å². The summed E-state index contributed by atoms with van der Waals surface area (Å²) in [6.07, 6.45) is 2.24. The van der Waals surface area contributed by atoms with Crippen molar-refractivity contribution in [2.75, 3.05) is 0 Å². The normalized spacial score (nSPS) is 9.84. The molecule has 9 heteroatoms. The number of pyridine rings is 1. The third kappa shape index (κ3) is 2.22. The first-order valence-electron chi connectivity index (χ1n) is 4.87. The second kappa shape index (κ2) is 4.53. The van der Waals surface area contributed by atoms with Gasteiger partial charge in [-0.05, 0) is 12.1 Å². The van der Waals surface area contributed by atoms with Gasteiger partial charge in [0.05, 0.1) is 16.8 Å². The van der Waals surface area contributed by atoms with Crippen LogP contribution in [-0.2, 0) is 0 Å². The number of carboxylic acids is 1. The van der Waals surface area contributed by atoms with Gasteiger partial charge in [0.15, 0.2) is 0 Å². The summed E-state index contributed by atoms with van der Waals surface area (Å²) in [5.41, 5.74) is -0.787. The fourth-order valence-corrected chi connectivity index (χ4v) is 1.37. The Bertz CT molecular complexity index is 666. The highest BCUT2D eigenvalue weighted by Crippen LogP contribution is 2.19. The zero-order valence-corrected chi connectivity index (χ0v) is 9.22. The Morgan fingerprint density at radius 1 is 1.53 bits per heavy atom. The van der Waals surface area contributed by atoms with Gasteiger partial charge in [0.1, 0.15) is 18.0 Å². The third-order valence-electron chi connectivity index (χ3n) is 2.22. The van der Waals surface area contributed by atoms with Crippen LogP contribution in [-0.4, -0.2) is 30.8 Å². The Balaban J connectivity index is 2.51. The van der Waals surface area contributed by atoms with Gasteiger partial charge >= 0.3 is 11.7 Å². The number of rotatable bonds is 3. The third-order valence-corrected chi connectivity index (χ3v) is 2.22. The maximum Gasteiger partial charge on any atom is 0.363 e. The lowest BCUT2D eigenvalue weighted by atomic mass is 10.3. The molecule has 0 bridgehead atoms. The van der Waals surface area contributed by atoms with Gasteiger partial charge in [-0.2, -0.15) is 10.4 Å². The molecule has 0 aliphatic carbocycles. The Labute approximate surface area is 105 Å². The number of hydrogen-bond donors (Lipinski definition) is 1. The van der Waals surface area contributed by atoms with Crippen LogP contribution >= 0.6 is 0 Å². The number of hydrogen-bond acceptors (Lipinski definition) is 6. The van der Waals surface area contributed by atoms with Crippen molar-refractivity contribution in [2.45, 2.75) is 0 Å². The highest BCUT2D eigenvalue weighted by atomic mass is 16.6. The lowest BCUT2D eigenvalue weighted by molar-refractivity contribution is -0.385. The molecule has 0 aliphatic rings. The summed E-state index contributed by atoms with van der Waals surface area (Å²) in [4.78, 5) is 24.5. The number of carboxylic acid groups (broad SMARTS) is 1. The Hall–Kier alpha value is -3.28. The minimum Gasteiger partial charge on any atom is -0.476 e. The monoisotopic (exact) mass is 259 g/mol. The number of nitro groups is 1. The molecule has 0 spiro atoms. The molecule has 0 saturated heterocycles. The van der Waals surface area contributed by atoms with Crippen molar-refractivity contribution in [3.8, 4) is 11.8 Å². The Morgan fingerprint density at radius 2 is 2.26 bits per heavy atom. The molecule has 0 aliphatic heterocycles. The summed E-state index contributed by atoms with van der Waals surface area (Å²) in [5, 5.41) is 31.7. The van der Waals surface area contributed by atoms with Gasteiger partial charge in [-0.15, -0.1) is 0 Å². The zero-order valence-electron chi connectivity index (χ0n) is 9.22. The number of nitriles is 1. The van der Waals surface area contributed by atoms with Crippen LogP contribution < -0.4 is 0 Å². The second-order valence-corrected chi connectivity index (χ2v) is 3.38. The van der Waals surface area contributed by atoms with Crippen molar-refractivity contribution in [1.29, 1.82) is 5.26 Å². The van der Waals surface area contributed by atoms with E-state index in [1.54, 1.807) is 0 Å². The van der Waals surface area contributed by atoms with E-state index in [9.17, 15) is 14.9 Å². The molecule has 19 heavy (non-hydrogen) atoms. The summed E-state index contributed by atoms with van der Waals surface area (Å²) in [5.74, 6) is -1.49. The molecule has 0 fully saturated rings. The maximum absolute atomic E-state index is 10.8. The standard InChI is InChI=1S/C10H5N5O4/c11-3-6-1-2-7(4-12-6)14-5-8(15(18)19)9(13-14)10(16)17/h1-2,4-5H,(H,16,17). The summed E-state index contributed by atoms with van der Waals surface area (Å²) >= 11 is 0. The molecule has 0 saturated carbocycles. The predicted molar refractivity (Wildman–Crippen MR) is 59.7 cm³/mol. The van der Waals surface area contributed by atoms with E-state index in [0.717, 1.165) is 10.9 Å². The summed E-state index contributed by atoms with van der Waals surface area (Å²) in [7, 11) is 0. The van der Waals surface area contributed by atoms with Gasteiger partial charge in [-0.25, -0.2) is 14.5 Å². The first-order chi connectivity index (χ1) is 9.02. The minimum absolute atomic E-state index is 0.170. The molecular formula is C10H5N5O4. The van der Waals surface area contributed by atoms with Crippen LogP contribution in [0.3, 0.4) is 0 Å². The van der Waals surface area contributed by atoms with Gasteiger partial charge in [0, 0.05) is 0 Å². The van der Waals surface area contributed by atoms with Crippen LogP contribution in [0, 0.1) is 21.4 Å². The number of aromatic carboxylic acids is 1. The van der Waals surface area contributed by atoms with Crippen molar-refractivity contribution in [3.05, 3.63) is 46.0 Å². The van der Waals surface area contributed by atoms with Gasteiger partial charge in [0.2, 0.25) is 5.69 Å². The van der Waals surface area contributed by atoms with Gasteiger partial charge in [0.25, 0.3) is 0 Å². The van der Waals surface area contributed by atoms with Crippen molar-refractivity contribution < 1.29 is 14.8 Å². The lowest BCUT2D eigenvalue weighted by Crippen LogP contribution is -2.03. The van der Waals surface area contributed by atoms with Crippen LogP contribution in [0.1, 0.15) is 16.2 Å². The molecule has 0 amide bonds. The smallest absolute Gasteiger partial charge is 0.363 e. The summed E-state index contributed by atoms with van der Waals surface area (Å²) in [6, 6.07) is 4.66. The quantitative estimate of drug-likeness (QED) is 0.634. The van der Waals surface area contributed by atoms with Gasteiger partial charge < -0.3 is 5.11 Å². The van der Waals surface area contributed by atoms with E-state index in [0.29, 0.717) is 5.69 Å². The molecule has 0 unspecified atom stereocenters. The first kappa shape index (κ1) is 12.2. The van der Waals surface area contributed by atoms with Crippen LogP contribution in [0.15, 0.2) is 24.5 Å². The zero-order chi connectivity index (χ0) is 14.0. The second-order valence-electron chi connectivity index (χ2n) is 3.38. The van der Waals surface area contributed by atoms with E-state index in [2.05, 4.69) is 10.1 Å². The predicted octanol–water partition coefficient (Wildman–Crippen LogP) is 0.745. The lowest BCUT2D eigenvalue weighted by Gasteiger charge is -1.98. The molecule has 0 aromatic carbocycles. The van der Waals surface area contributed by atoms with Crippen LogP contribution in [0.25, 0.3) is 5.69 Å². The number of nitrogens with zero attached hydrogens (tertiary/aromatic N) is 5. The van der Waals surface area contributed by atoms with Crippen molar-refractivity contribution >= 4 is 11.7 Å².